The van der Waals surface area contributed by atoms with Gasteiger partial charge in [0, 0.05) is 25.3 Å². The van der Waals surface area contributed by atoms with Crippen LogP contribution in [0.25, 0.3) is 0 Å². The van der Waals surface area contributed by atoms with E-state index in [9.17, 15) is 13.2 Å². The van der Waals surface area contributed by atoms with E-state index in [0.29, 0.717) is 12.2 Å². The van der Waals surface area contributed by atoms with E-state index < -0.39 is 10.0 Å². The first-order valence-corrected chi connectivity index (χ1v) is 9.82. The quantitative estimate of drug-likeness (QED) is 0.813. The number of sulfonamides is 1. The lowest BCUT2D eigenvalue weighted by atomic mass is 10.1. The van der Waals surface area contributed by atoms with Crippen LogP contribution in [0.3, 0.4) is 0 Å². The molecule has 2 N–H and O–H groups in total. The minimum Gasteiger partial charge on any atom is -0.334 e. The molecule has 0 saturated heterocycles. The summed E-state index contributed by atoms with van der Waals surface area (Å²) in [7, 11) is -1.98. The van der Waals surface area contributed by atoms with Crippen LogP contribution in [0.2, 0.25) is 0 Å². The van der Waals surface area contributed by atoms with E-state index in [2.05, 4.69) is 10.6 Å². The topological polar surface area (TPSA) is 78.5 Å². The zero-order valence-corrected chi connectivity index (χ0v) is 16.3. The smallest absolute Gasteiger partial charge is 0.319 e. The van der Waals surface area contributed by atoms with Gasteiger partial charge in [-0.25, -0.2) is 13.2 Å². The van der Waals surface area contributed by atoms with Crippen molar-refractivity contribution in [2.24, 2.45) is 0 Å². The lowest BCUT2D eigenvalue weighted by Crippen LogP contribution is -2.33. The van der Waals surface area contributed by atoms with Gasteiger partial charge in [-0.1, -0.05) is 29.8 Å². The number of benzene rings is 2. The van der Waals surface area contributed by atoms with Gasteiger partial charge >= 0.3 is 6.03 Å². The number of nitrogens with one attached hydrogen (secondary N) is 2. The molecule has 2 amide bonds. The molecule has 140 valence electrons. The van der Waals surface area contributed by atoms with Crippen molar-refractivity contribution >= 4 is 21.7 Å². The van der Waals surface area contributed by atoms with E-state index in [4.69, 9.17) is 0 Å². The third-order valence-corrected chi connectivity index (χ3v) is 6.10. The number of anilines is 1. The second-order valence-electron chi connectivity index (χ2n) is 6.44. The Balaban J connectivity index is 1.97. The summed E-state index contributed by atoms with van der Waals surface area (Å²) in [6, 6.07) is 13.5. The third kappa shape index (κ3) is 5.06. The molecule has 0 aliphatic heterocycles. The molecule has 0 fully saturated rings. The largest absolute Gasteiger partial charge is 0.334 e. The molecule has 0 bridgehead atoms. The molecule has 26 heavy (non-hydrogen) atoms. The minimum atomic E-state index is -3.53. The molecule has 6 nitrogen and oxygen atoms in total. The van der Waals surface area contributed by atoms with E-state index in [1.165, 1.54) is 16.4 Å². The van der Waals surface area contributed by atoms with Crippen LogP contribution in [0, 0.1) is 6.92 Å². The van der Waals surface area contributed by atoms with Crippen molar-refractivity contribution in [2.75, 3.05) is 12.4 Å². The number of carbonyl (C=O) groups excluding carboxylic acids is 1. The summed E-state index contributed by atoms with van der Waals surface area (Å²) < 4.78 is 26.1. The lowest BCUT2D eigenvalue weighted by Gasteiger charge is -2.21. The molecule has 2 rings (SSSR count). The number of rotatable bonds is 6. The number of nitrogens with zero attached hydrogens (tertiary/aromatic N) is 1. The normalized spacial score (nSPS) is 11.6. The van der Waals surface area contributed by atoms with Gasteiger partial charge in [0.2, 0.25) is 10.0 Å². The first-order valence-electron chi connectivity index (χ1n) is 8.38. The highest BCUT2D eigenvalue weighted by Gasteiger charge is 2.22. The van der Waals surface area contributed by atoms with Gasteiger partial charge < -0.3 is 10.6 Å². The van der Waals surface area contributed by atoms with Gasteiger partial charge in [-0.3, -0.25) is 0 Å². The molecule has 2 aromatic carbocycles. The molecule has 0 heterocycles. The van der Waals surface area contributed by atoms with Gasteiger partial charge in [-0.15, -0.1) is 0 Å². The second-order valence-corrected chi connectivity index (χ2v) is 8.43. The molecule has 0 unspecified atom stereocenters. The van der Waals surface area contributed by atoms with E-state index >= 15 is 0 Å². The number of carbonyl (C=O) groups is 1. The van der Waals surface area contributed by atoms with Crippen LogP contribution in [0.15, 0.2) is 53.4 Å². The average molecular weight is 375 g/mol. The van der Waals surface area contributed by atoms with E-state index in [1.807, 2.05) is 45.0 Å². The van der Waals surface area contributed by atoms with Crippen LogP contribution >= 0.6 is 0 Å². The molecule has 0 aliphatic carbocycles. The summed E-state index contributed by atoms with van der Waals surface area (Å²) in [4.78, 5) is 12.2. The minimum absolute atomic E-state index is 0.134. The molecule has 0 spiro atoms. The predicted octanol–water partition coefficient (Wildman–Crippen LogP) is 3.35. The van der Waals surface area contributed by atoms with Crippen molar-refractivity contribution in [3.05, 3.63) is 59.7 Å². The summed E-state index contributed by atoms with van der Waals surface area (Å²) in [5.74, 6) is 0. The fraction of sp³-hybridized carbons (Fsp3) is 0.316. The van der Waals surface area contributed by atoms with Crippen molar-refractivity contribution in [2.45, 2.75) is 38.3 Å². The van der Waals surface area contributed by atoms with Crippen LogP contribution in [0.1, 0.15) is 25.0 Å². The summed E-state index contributed by atoms with van der Waals surface area (Å²) >= 11 is 0. The van der Waals surface area contributed by atoms with Crippen molar-refractivity contribution < 1.29 is 13.2 Å². The number of hydrogen-bond donors (Lipinski definition) is 2. The average Bonchev–Trinajstić information content (AvgIpc) is 2.59. The number of aryl methyl sites for hydroxylation is 1. The third-order valence-electron chi connectivity index (χ3n) is 4.05. The van der Waals surface area contributed by atoms with E-state index in [1.54, 1.807) is 19.2 Å². The van der Waals surface area contributed by atoms with E-state index in [-0.39, 0.29) is 17.0 Å². The van der Waals surface area contributed by atoms with Gasteiger partial charge in [0.15, 0.2) is 0 Å². The fourth-order valence-corrected chi connectivity index (χ4v) is 3.70. The Bertz CT molecular complexity index is 862. The highest BCUT2D eigenvalue weighted by molar-refractivity contribution is 7.89. The highest BCUT2D eigenvalue weighted by Crippen LogP contribution is 2.19. The summed E-state index contributed by atoms with van der Waals surface area (Å²) in [5, 5.41) is 5.48. The van der Waals surface area contributed by atoms with Crippen LogP contribution in [-0.2, 0) is 16.6 Å². The zero-order chi connectivity index (χ0) is 19.3. The maximum absolute atomic E-state index is 12.4. The monoisotopic (exact) mass is 375 g/mol. The Hall–Kier alpha value is -2.38. The summed E-state index contributed by atoms with van der Waals surface area (Å²) in [5.41, 5.74) is 2.67. The first kappa shape index (κ1) is 19.9. The Morgan fingerprint density at radius 1 is 1.12 bits per heavy atom. The van der Waals surface area contributed by atoms with Crippen molar-refractivity contribution in [3.63, 3.8) is 0 Å². The SMILES string of the molecule is Cc1cccc(CNC(=O)Nc2ccc(S(=O)(=O)N(C)C(C)C)cc2)c1. The molecule has 0 atom stereocenters. The molecule has 0 aromatic heterocycles. The first-order chi connectivity index (χ1) is 12.2. The molecule has 0 radical (unpaired) electrons. The lowest BCUT2D eigenvalue weighted by molar-refractivity contribution is 0.251. The maximum Gasteiger partial charge on any atom is 0.319 e. The molecule has 2 aromatic rings. The fourth-order valence-electron chi connectivity index (χ4n) is 2.33. The summed E-state index contributed by atoms with van der Waals surface area (Å²) in [6.07, 6.45) is 0. The maximum atomic E-state index is 12.4. The van der Waals surface area contributed by atoms with E-state index in [0.717, 1.165) is 11.1 Å². The Morgan fingerprint density at radius 3 is 2.35 bits per heavy atom. The van der Waals surface area contributed by atoms with Crippen LogP contribution in [-0.4, -0.2) is 31.8 Å². The van der Waals surface area contributed by atoms with Gasteiger partial charge in [0.05, 0.1) is 4.90 Å². The van der Waals surface area contributed by atoms with Crippen LogP contribution in [0.5, 0.6) is 0 Å². The summed E-state index contributed by atoms with van der Waals surface area (Å²) in [6.45, 7) is 6.03. The zero-order valence-electron chi connectivity index (χ0n) is 15.5. The molecule has 0 saturated carbocycles. The van der Waals surface area contributed by atoms with Crippen molar-refractivity contribution in [1.29, 1.82) is 0 Å². The number of hydrogen-bond acceptors (Lipinski definition) is 3. The molecular weight excluding hydrogens is 350 g/mol. The number of amides is 2. The molecule has 0 aliphatic rings. The molecule has 7 heteroatoms. The van der Waals surface area contributed by atoms with Crippen LogP contribution < -0.4 is 10.6 Å². The number of urea groups is 1. The van der Waals surface area contributed by atoms with Gasteiger partial charge in [-0.2, -0.15) is 4.31 Å². The van der Waals surface area contributed by atoms with Gasteiger partial charge in [0.25, 0.3) is 0 Å². The Morgan fingerprint density at radius 2 is 1.77 bits per heavy atom. The Labute approximate surface area is 155 Å². The van der Waals surface area contributed by atoms with Gasteiger partial charge in [0.1, 0.15) is 0 Å². The second kappa shape index (κ2) is 8.33. The van der Waals surface area contributed by atoms with Gasteiger partial charge in [-0.05, 0) is 50.6 Å². The molecular formula is C19H25N3O3S. The standard InChI is InChI=1S/C19H25N3O3S/c1-14(2)22(4)26(24,25)18-10-8-17(9-11-18)21-19(23)20-13-16-7-5-6-15(3)12-16/h5-12,14H,13H2,1-4H3,(H2,20,21,23). The predicted molar refractivity (Wildman–Crippen MR) is 104 cm³/mol. The Kier molecular flexibility index (Phi) is 6.39. The van der Waals surface area contributed by atoms with Crippen LogP contribution in [0.4, 0.5) is 10.5 Å². The highest BCUT2D eigenvalue weighted by atomic mass is 32.2. The van der Waals surface area contributed by atoms with Crippen molar-refractivity contribution in [3.8, 4) is 0 Å². The van der Waals surface area contributed by atoms with Crippen molar-refractivity contribution in [1.82, 2.24) is 9.62 Å².